The molecule has 2 aromatic rings. The van der Waals surface area contributed by atoms with Gasteiger partial charge >= 0.3 is 0 Å². The first-order valence-electron chi connectivity index (χ1n) is 8.40. The number of nitrogens with zero attached hydrogens (tertiary/aromatic N) is 1. The van der Waals surface area contributed by atoms with Crippen LogP contribution in [0, 0.1) is 3.57 Å². The van der Waals surface area contributed by atoms with Crippen molar-refractivity contribution in [3.8, 4) is 23.0 Å². The van der Waals surface area contributed by atoms with Crippen molar-refractivity contribution in [1.29, 1.82) is 0 Å². The zero-order valence-corrected chi connectivity index (χ0v) is 17.7. The number of carbonyl (C=O) groups is 1. The Kier molecular flexibility index (Phi) is 8.12. The molecule has 0 unspecified atom stereocenters. The molecular formula is C20H21IN2O5. The minimum atomic E-state index is -0.400. The highest BCUT2D eigenvalue weighted by Gasteiger charge is 2.11. The van der Waals surface area contributed by atoms with Crippen molar-refractivity contribution in [3.63, 3.8) is 0 Å². The van der Waals surface area contributed by atoms with Crippen molar-refractivity contribution in [3.05, 3.63) is 57.7 Å². The molecule has 0 fully saturated rings. The molecule has 7 nitrogen and oxygen atoms in total. The quantitative estimate of drug-likeness (QED) is 0.239. The van der Waals surface area contributed by atoms with Crippen molar-refractivity contribution in [1.82, 2.24) is 5.43 Å². The number of carbonyl (C=O) groups excluding carboxylic acids is 1. The number of hydrogen-bond donors (Lipinski definition) is 2. The summed E-state index contributed by atoms with van der Waals surface area (Å²) in [6.07, 6.45) is 3.09. The van der Waals surface area contributed by atoms with Gasteiger partial charge in [0.25, 0.3) is 5.91 Å². The zero-order valence-electron chi connectivity index (χ0n) is 15.6. The highest BCUT2D eigenvalue weighted by atomic mass is 127. The predicted molar refractivity (Wildman–Crippen MR) is 116 cm³/mol. The molecule has 2 N–H and O–H groups in total. The van der Waals surface area contributed by atoms with E-state index in [9.17, 15) is 9.90 Å². The fourth-order valence-corrected chi connectivity index (χ4v) is 2.87. The molecule has 0 heterocycles. The first kappa shape index (κ1) is 21.5. The Balaban J connectivity index is 2.10. The maximum Gasteiger partial charge on any atom is 0.271 e. The van der Waals surface area contributed by atoms with Crippen LogP contribution in [0.2, 0.25) is 0 Å². The molecule has 0 bridgehead atoms. The number of amides is 1. The number of benzene rings is 2. The predicted octanol–water partition coefficient (Wildman–Crippen LogP) is 3.73. The fraction of sp³-hybridized carbons (Fsp3) is 0.200. The Bertz CT molecular complexity index is 883. The van der Waals surface area contributed by atoms with Crippen LogP contribution >= 0.6 is 22.6 Å². The number of methoxy groups -OCH3 is 1. The molecule has 0 aliphatic rings. The Labute approximate surface area is 177 Å². The zero-order chi connectivity index (χ0) is 20.5. The van der Waals surface area contributed by atoms with Gasteiger partial charge in [0, 0.05) is 5.56 Å². The molecule has 0 saturated heterocycles. The molecule has 2 rings (SSSR count). The molecule has 0 aliphatic carbocycles. The van der Waals surface area contributed by atoms with E-state index < -0.39 is 5.91 Å². The maximum atomic E-state index is 12.3. The minimum absolute atomic E-state index is 0.0782. The van der Waals surface area contributed by atoms with Gasteiger partial charge in [-0.1, -0.05) is 12.7 Å². The van der Waals surface area contributed by atoms with Gasteiger partial charge in [-0.05, 0) is 65.4 Å². The van der Waals surface area contributed by atoms with Gasteiger partial charge in [0.1, 0.15) is 6.61 Å². The first-order valence-corrected chi connectivity index (χ1v) is 9.48. The first-order chi connectivity index (χ1) is 13.5. The molecule has 0 atom stereocenters. The number of ether oxygens (including phenoxy) is 3. The summed E-state index contributed by atoms with van der Waals surface area (Å²) >= 11 is 2.00. The van der Waals surface area contributed by atoms with Crippen molar-refractivity contribution in [2.75, 3.05) is 20.3 Å². The molecule has 0 aliphatic heterocycles. The van der Waals surface area contributed by atoms with Gasteiger partial charge in [0.15, 0.2) is 23.0 Å². The van der Waals surface area contributed by atoms with Gasteiger partial charge in [-0.25, -0.2) is 5.43 Å². The summed E-state index contributed by atoms with van der Waals surface area (Å²) in [7, 11) is 1.50. The standard InChI is InChI=1S/C20H21IN2O5/c1-4-8-28-16-7-6-14(11-17(16)26-3)20(25)23-22-12-13-9-15(21)19(24)18(10-13)27-5-2/h4,6-7,9-12,24H,1,5,8H2,2-3H3,(H,23,25)/b22-12+. The fourth-order valence-electron chi connectivity index (χ4n) is 2.24. The summed E-state index contributed by atoms with van der Waals surface area (Å²) in [5, 5.41) is 13.9. The van der Waals surface area contributed by atoms with E-state index in [0.717, 1.165) is 0 Å². The molecule has 0 radical (unpaired) electrons. The van der Waals surface area contributed by atoms with Gasteiger partial charge < -0.3 is 19.3 Å². The molecule has 1 amide bonds. The lowest BCUT2D eigenvalue weighted by molar-refractivity contribution is 0.0954. The van der Waals surface area contributed by atoms with Crippen LogP contribution in [0.1, 0.15) is 22.8 Å². The van der Waals surface area contributed by atoms with E-state index in [1.807, 2.05) is 29.5 Å². The topological polar surface area (TPSA) is 89.4 Å². The lowest BCUT2D eigenvalue weighted by atomic mass is 10.2. The molecule has 148 valence electrons. The second kappa shape index (κ2) is 10.5. The van der Waals surface area contributed by atoms with Crippen LogP contribution in [0.5, 0.6) is 23.0 Å². The SMILES string of the molecule is C=CCOc1ccc(C(=O)N/N=C/c2cc(I)c(O)c(OCC)c2)cc1OC. The van der Waals surface area contributed by atoms with Crippen molar-refractivity contribution in [2.45, 2.75) is 6.92 Å². The van der Waals surface area contributed by atoms with Crippen LogP contribution in [0.3, 0.4) is 0 Å². The maximum absolute atomic E-state index is 12.3. The highest BCUT2D eigenvalue weighted by molar-refractivity contribution is 14.1. The Morgan fingerprint density at radius 3 is 2.71 bits per heavy atom. The summed E-state index contributed by atoms with van der Waals surface area (Å²) in [5.74, 6) is 0.998. The Hall–Kier alpha value is -2.75. The number of nitrogens with one attached hydrogen (secondary N) is 1. The van der Waals surface area contributed by atoms with E-state index in [0.29, 0.717) is 45.2 Å². The summed E-state index contributed by atoms with van der Waals surface area (Å²) in [6.45, 7) is 6.18. The average molecular weight is 496 g/mol. The van der Waals surface area contributed by atoms with Crippen LogP contribution in [0.25, 0.3) is 0 Å². The molecule has 28 heavy (non-hydrogen) atoms. The van der Waals surface area contributed by atoms with E-state index in [1.165, 1.54) is 13.3 Å². The lowest BCUT2D eigenvalue weighted by Gasteiger charge is -2.10. The number of hydrazone groups is 1. The number of rotatable bonds is 9. The van der Waals surface area contributed by atoms with Crippen LogP contribution < -0.4 is 19.6 Å². The summed E-state index contributed by atoms with van der Waals surface area (Å²) in [5.41, 5.74) is 3.51. The summed E-state index contributed by atoms with van der Waals surface area (Å²) in [4.78, 5) is 12.3. The smallest absolute Gasteiger partial charge is 0.271 e. The van der Waals surface area contributed by atoms with Gasteiger partial charge in [0.2, 0.25) is 0 Å². The largest absolute Gasteiger partial charge is 0.504 e. The van der Waals surface area contributed by atoms with E-state index in [1.54, 1.807) is 36.4 Å². The number of aromatic hydroxyl groups is 1. The van der Waals surface area contributed by atoms with Gasteiger partial charge in [-0.15, -0.1) is 0 Å². The number of phenols is 1. The van der Waals surface area contributed by atoms with E-state index in [-0.39, 0.29) is 5.75 Å². The van der Waals surface area contributed by atoms with Crippen molar-refractivity contribution in [2.24, 2.45) is 5.10 Å². The average Bonchev–Trinajstić information content (AvgIpc) is 2.70. The van der Waals surface area contributed by atoms with Crippen LogP contribution in [0.4, 0.5) is 0 Å². The molecule has 8 heteroatoms. The van der Waals surface area contributed by atoms with Crippen molar-refractivity contribution >= 4 is 34.7 Å². The number of phenolic OH excluding ortho intramolecular Hbond substituents is 1. The van der Waals surface area contributed by atoms with Crippen LogP contribution in [0.15, 0.2) is 48.1 Å². The monoisotopic (exact) mass is 496 g/mol. The van der Waals surface area contributed by atoms with Gasteiger partial charge in [-0.3, -0.25) is 4.79 Å². The lowest BCUT2D eigenvalue weighted by Crippen LogP contribution is -2.17. The Morgan fingerprint density at radius 1 is 1.25 bits per heavy atom. The van der Waals surface area contributed by atoms with Gasteiger partial charge in [-0.2, -0.15) is 5.10 Å². The second-order valence-corrected chi connectivity index (χ2v) is 6.61. The van der Waals surface area contributed by atoms with E-state index >= 15 is 0 Å². The third-order valence-electron chi connectivity index (χ3n) is 3.51. The number of hydrogen-bond acceptors (Lipinski definition) is 6. The third kappa shape index (κ3) is 5.62. The number of halogens is 1. The third-order valence-corrected chi connectivity index (χ3v) is 4.34. The molecule has 0 saturated carbocycles. The second-order valence-electron chi connectivity index (χ2n) is 5.45. The molecular weight excluding hydrogens is 475 g/mol. The molecule has 2 aromatic carbocycles. The summed E-state index contributed by atoms with van der Waals surface area (Å²) < 4.78 is 16.7. The van der Waals surface area contributed by atoms with Crippen LogP contribution in [-0.4, -0.2) is 37.6 Å². The summed E-state index contributed by atoms with van der Waals surface area (Å²) in [6, 6.07) is 8.20. The molecule has 0 aromatic heterocycles. The van der Waals surface area contributed by atoms with E-state index in [4.69, 9.17) is 14.2 Å². The van der Waals surface area contributed by atoms with Crippen LogP contribution in [-0.2, 0) is 0 Å². The molecule has 0 spiro atoms. The Morgan fingerprint density at radius 2 is 2.04 bits per heavy atom. The highest BCUT2D eigenvalue weighted by Crippen LogP contribution is 2.32. The normalized spacial score (nSPS) is 10.5. The van der Waals surface area contributed by atoms with E-state index in [2.05, 4.69) is 17.1 Å². The van der Waals surface area contributed by atoms with Gasteiger partial charge in [0.05, 0.1) is 23.5 Å². The minimum Gasteiger partial charge on any atom is -0.504 e. The van der Waals surface area contributed by atoms with Crippen molar-refractivity contribution < 1.29 is 24.1 Å².